The maximum Gasteiger partial charge on any atom is 0.318 e. The van der Waals surface area contributed by atoms with Gasteiger partial charge in [-0.05, 0) is 36.8 Å². The minimum atomic E-state index is -0.291. The number of aromatic nitrogens is 3. The van der Waals surface area contributed by atoms with E-state index in [1.54, 1.807) is 24.1 Å². The van der Waals surface area contributed by atoms with Gasteiger partial charge in [-0.3, -0.25) is 4.40 Å². The first-order chi connectivity index (χ1) is 12.0. The third kappa shape index (κ3) is 3.86. The predicted octanol–water partition coefficient (Wildman–Crippen LogP) is 3.94. The van der Waals surface area contributed by atoms with E-state index in [1.807, 2.05) is 41.8 Å². The first-order valence-electron chi connectivity index (χ1n) is 7.71. The number of nitrogens with zero attached hydrogens (tertiary/aromatic N) is 4. The van der Waals surface area contributed by atoms with Crippen molar-refractivity contribution in [1.82, 2.24) is 24.8 Å². The maximum atomic E-state index is 12.4. The molecule has 0 saturated carbocycles. The lowest BCUT2D eigenvalue weighted by Gasteiger charge is -2.21. The first-order valence-corrected chi connectivity index (χ1v) is 8.46. The van der Waals surface area contributed by atoms with Gasteiger partial charge < -0.3 is 10.2 Å². The molecule has 0 radical (unpaired) electrons. The fraction of sp³-hybridized carbons (Fsp3) is 0.235. The molecule has 1 N–H and O–H groups in total. The molecule has 6 nitrogen and oxygen atoms in total. The van der Waals surface area contributed by atoms with Crippen molar-refractivity contribution in [3.63, 3.8) is 0 Å². The summed E-state index contributed by atoms with van der Waals surface area (Å²) >= 11 is 11.9. The van der Waals surface area contributed by atoms with Gasteiger partial charge in [-0.15, -0.1) is 10.2 Å². The Bertz CT molecular complexity index is 911. The Balaban J connectivity index is 1.67. The number of fused-ring (bicyclic) bond motifs is 1. The van der Waals surface area contributed by atoms with E-state index in [2.05, 4.69) is 15.5 Å². The Kier molecular flexibility index (Phi) is 5.11. The summed E-state index contributed by atoms with van der Waals surface area (Å²) in [7, 11) is 1.71. The molecule has 1 aromatic carbocycles. The molecular formula is C17H17Cl2N5O. The predicted molar refractivity (Wildman–Crippen MR) is 97.9 cm³/mol. The van der Waals surface area contributed by atoms with Crippen LogP contribution < -0.4 is 5.32 Å². The van der Waals surface area contributed by atoms with E-state index < -0.39 is 0 Å². The minimum Gasteiger partial charge on any atom is -0.328 e. The van der Waals surface area contributed by atoms with E-state index in [9.17, 15) is 4.79 Å². The zero-order valence-electron chi connectivity index (χ0n) is 13.8. The molecule has 130 valence electrons. The number of carbonyl (C=O) groups is 1. The van der Waals surface area contributed by atoms with Crippen LogP contribution in [-0.2, 0) is 6.54 Å². The summed E-state index contributed by atoms with van der Waals surface area (Å²) in [6, 6.07) is 10.5. The second-order valence-electron chi connectivity index (χ2n) is 5.76. The highest BCUT2D eigenvalue weighted by Crippen LogP contribution is 2.23. The maximum absolute atomic E-state index is 12.4. The van der Waals surface area contributed by atoms with E-state index in [0.29, 0.717) is 22.4 Å². The average molecular weight is 378 g/mol. The number of halogens is 2. The van der Waals surface area contributed by atoms with Crippen LogP contribution in [0, 0.1) is 0 Å². The van der Waals surface area contributed by atoms with Crippen molar-refractivity contribution in [3.05, 3.63) is 64.0 Å². The summed E-state index contributed by atoms with van der Waals surface area (Å²) in [6.45, 7) is 2.28. The van der Waals surface area contributed by atoms with Crippen molar-refractivity contribution in [1.29, 1.82) is 0 Å². The number of amides is 2. The van der Waals surface area contributed by atoms with Crippen molar-refractivity contribution >= 4 is 34.9 Å². The normalized spacial score (nSPS) is 12.2. The van der Waals surface area contributed by atoms with Crippen molar-refractivity contribution in [2.75, 3.05) is 7.05 Å². The highest BCUT2D eigenvalue weighted by molar-refractivity contribution is 6.42. The third-order valence-electron chi connectivity index (χ3n) is 3.82. The molecule has 3 rings (SSSR count). The standard InChI is InChI=1S/C17H17Cl2N5O/c1-11(16-22-21-15-5-3-4-8-24(15)16)20-17(25)23(2)10-12-6-7-13(18)14(19)9-12/h3-9,11H,10H2,1-2H3,(H,20,25). The number of hydrogen-bond acceptors (Lipinski definition) is 3. The van der Waals surface area contributed by atoms with Crippen molar-refractivity contribution in [3.8, 4) is 0 Å². The Morgan fingerprint density at radius 3 is 2.80 bits per heavy atom. The third-order valence-corrected chi connectivity index (χ3v) is 4.56. The number of benzene rings is 1. The van der Waals surface area contributed by atoms with Crippen LogP contribution in [-0.4, -0.2) is 32.6 Å². The van der Waals surface area contributed by atoms with Gasteiger partial charge in [0.25, 0.3) is 0 Å². The molecule has 25 heavy (non-hydrogen) atoms. The molecule has 0 spiro atoms. The van der Waals surface area contributed by atoms with E-state index in [-0.39, 0.29) is 12.1 Å². The van der Waals surface area contributed by atoms with Crippen molar-refractivity contribution < 1.29 is 4.79 Å². The summed E-state index contributed by atoms with van der Waals surface area (Å²) in [5.74, 6) is 0.673. The second kappa shape index (κ2) is 7.29. The SMILES string of the molecule is CC(NC(=O)N(C)Cc1ccc(Cl)c(Cl)c1)c1nnc2ccccn12. The van der Waals surface area contributed by atoms with Gasteiger partial charge in [0.2, 0.25) is 0 Å². The van der Waals surface area contributed by atoms with Crippen LogP contribution in [0.5, 0.6) is 0 Å². The van der Waals surface area contributed by atoms with Crippen LogP contribution in [0.25, 0.3) is 5.65 Å². The van der Waals surface area contributed by atoms with Crippen LogP contribution >= 0.6 is 23.2 Å². The lowest BCUT2D eigenvalue weighted by atomic mass is 10.2. The summed E-state index contributed by atoms with van der Waals surface area (Å²) in [5, 5.41) is 12.1. The van der Waals surface area contributed by atoms with Gasteiger partial charge in [-0.25, -0.2) is 4.79 Å². The van der Waals surface area contributed by atoms with Gasteiger partial charge >= 0.3 is 6.03 Å². The van der Waals surface area contributed by atoms with Crippen LogP contribution in [0.2, 0.25) is 10.0 Å². The smallest absolute Gasteiger partial charge is 0.318 e. The Labute approximate surface area is 155 Å². The van der Waals surface area contributed by atoms with Gasteiger partial charge in [0, 0.05) is 19.8 Å². The lowest BCUT2D eigenvalue weighted by Crippen LogP contribution is -2.38. The van der Waals surface area contributed by atoms with Crippen LogP contribution in [0.3, 0.4) is 0 Å². The first kappa shape index (κ1) is 17.5. The monoisotopic (exact) mass is 377 g/mol. The summed E-state index contributed by atoms with van der Waals surface area (Å²) in [5.41, 5.74) is 1.63. The van der Waals surface area contributed by atoms with Crippen molar-refractivity contribution in [2.24, 2.45) is 0 Å². The van der Waals surface area contributed by atoms with E-state index in [4.69, 9.17) is 23.2 Å². The van der Waals surface area contributed by atoms with Crippen LogP contribution in [0.15, 0.2) is 42.6 Å². The number of hydrogen-bond donors (Lipinski definition) is 1. The molecule has 0 saturated heterocycles. The largest absolute Gasteiger partial charge is 0.328 e. The lowest BCUT2D eigenvalue weighted by molar-refractivity contribution is 0.203. The van der Waals surface area contributed by atoms with Crippen molar-refractivity contribution in [2.45, 2.75) is 19.5 Å². The number of carbonyl (C=O) groups excluding carboxylic acids is 1. The molecule has 1 atom stereocenters. The Morgan fingerprint density at radius 1 is 1.24 bits per heavy atom. The zero-order valence-corrected chi connectivity index (χ0v) is 15.3. The Hall–Kier alpha value is -2.31. The fourth-order valence-electron chi connectivity index (χ4n) is 2.50. The molecule has 2 aromatic heterocycles. The van der Waals surface area contributed by atoms with Gasteiger partial charge in [-0.2, -0.15) is 0 Å². The molecule has 0 aliphatic carbocycles. The molecule has 8 heteroatoms. The van der Waals surface area contributed by atoms with Gasteiger partial charge in [0.15, 0.2) is 11.5 Å². The highest BCUT2D eigenvalue weighted by Gasteiger charge is 2.18. The van der Waals surface area contributed by atoms with Gasteiger partial charge in [0.05, 0.1) is 16.1 Å². The van der Waals surface area contributed by atoms with E-state index in [1.165, 1.54) is 0 Å². The zero-order chi connectivity index (χ0) is 18.0. The average Bonchev–Trinajstić information content (AvgIpc) is 3.02. The molecule has 0 bridgehead atoms. The topological polar surface area (TPSA) is 62.5 Å². The minimum absolute atomic E-state index is 0.216. The molecular weight excluding hydrogens is 361 g/mol. The quantitative estimate of drug-likeness (QED) is 0.748. The molecule has 0 aliphatic rings. The molecule has 3 aromatic rings. The molecule has 2 heterocycles. The van der Waals surface area contributed by atoms with Crippen LogP contribution in [0.1, 0.15) is 24.4 Å². The van der Waals surface area contributed by atoms with E-state index in [0.717, 1.165) is 11.2 Å². The van der Waals surface area contributed by atoms with Gasteiger partial charge in [0.1, 0.15) is 0 Å². The summed E-state index contributed by atoms with van der Waals surface area (Å²) in [4.78, 5) is 14.0. The van der Waals surface area contributed by atoms with E-state index >= 15 is 0 Å². The Morgan fingerprint density at radius 2 is 2.04 bits per heavy atom. The second-order valence-corrected chi connectivity index (χ2v) is 6.58. The number of nitrogens with one attached hydrogen (secondary N) is 1. The van der Waals surface area contributed by atoms with Gasteiger partial charge in [-0.1, -0.05) is 35.3 Å². The molecule has 0 aliphatic heterocycles. The summed E-state index contributed by atoms with van der Waals surface area (Å²) < 4.78 is 1.85. The molecule has 2 amide bonds. The number of urea groups is 1. The highest BCUT2D eigenvalue weighted by atomic mass is 35.5. The number of rotatable bonds is 4. The van der Waals surface area contributed by atoms with Crippen LogP contribution in [0.4, 0.5) is 4.79 Å². The molecule has 0 fully saturated rings. The number of pyridine rings is 1. The summed E-state index contributed by atoms with van der Waals surface area (Å²) in [6.07, 6.45) is 1.87. The molecule has 1 unspecified atom stereocenters. The fourth-order valence-corrected chi connectivity index (χ4v) is 2.82.